The fourth-order valence-electron chi connectivity index (χ4n) is 5.85. The van der Waals surface area contributed by atoms with Gasteiger partial charge in [0.25, 0.3) is 5.69 Å². The van der Waals surface area contributed by atoms with Crippen molar-refractivity contribution >= 4 is 52.5 Å². The number of fused-ring (bicyclic) bond motifs is 5. The van der Waals surface area contributed by atoms with Gasteiger partial charge in [-0.25, -0.2) is 4.90 Å². The minimum atomic E-state index is -0.954. The molecule has 3 aromatic carbocycles. The number of hydrogen-bond donors (Lipinski definition) is 1. The molecule has 3 aliphatic rings. The second-order valence-electron chi connectivity index (χ2n) is 9.57. The van der Waals surface area contributed by atoms with Gasteiger partial charge < -0.3 is 10.2 Å². The van der Waals surface area contributed by atoms with Gasteiger partial charge >= 0.3 is 0 Å². The fourth-order valence-corrected chi connectivity index (χ4v) is 5.97. The average molecular weight is 529 g/mol. The maximum atomic E-state index is 14.0. The Morgan fingerprint density at radius 1 is 1.00 bits per heavy atom. The first-order valence-corrected chi connectivity index (χ1v) is 12.4. The molecule has 0 saturated carbocycles. The number of nitrogens with one attached hydrogen (secondary N) is 1. The number of amides is 3. The summed E-state index contributed by atoms with van der Waals surface area (Å²) in [6.07, 6.45) is 3.65. The average Bonchev–Trinajstić information content (AvgIpc) is 3.38. The molecule has 0 spiro atoms. The van der Waals surface area contributed by atoms with Crippen molar-refractivity contribution in [3.8, 4) is 0 Å². The van der Waals surface area contributed by atoms with E-state index in [4.69, 9.17) is 11.6 Å². The lowest BCUT2D eigenvalue weighted by molar-refractivity contribution is -0.384. The van der Waals surface area contributed by atoms with Crippen LogP contribution in [-0.2, 0) is 14.4 Å². The van der Waals surface area contributed by atoms with Gasteiger partial charge in [-0.2, -0.15) is 0 Å². The van der Waals surface area contributed by atoms with Gasteiger partial charge in [-0.1, -0.05) is 35.9 Å². The van der Waals surface area contributed by atoms with Crippen LogP contribution >= 0.6 is 11.6 Å². The molecule has 0 aromatic heterocycles. The summed E-state index contributed by atoms with van der Waals surface area (Å²) in [5.74, 6) is -3.13. The van der Waals surface area contributed by atoms with E-state index in [9.17, 15) is 24.5 Å². The lowest BCUT2D eigenvalue weighted by Crippen LogP contribution is -2.46. The van der Waals surface area contributed by atoms with Crippen molar-refractivity contribution in [3.63, 3.8) is 0 Å². The molecular weight excluding hydrogens is 508 g/mol. The number of hydrogen-bond acceptors (Lipinski definition) is 6. The summed E-state index contributed by atoms with van der Waals surface area (Å²) >= 11 is 5.98. The Morgan fingerprint density at radius 3 is 2.42 bits per heavy atom. The van der Waals surface area contributed by atoms with Gasteiger partial charge in [-0.15, -0.1) is 0 Å². The molecular formula is C28H21ClN4O5. The number of non-ortho nitro benzene ring substituents is 1. The van der Waals surface area contributed by atoms with Crippen LogP contribution in [0.15, 0.2) is 72.9 Å². The van der Waals surface area contributed by atoms with Crippen LogP contribution in [0.3, 0.4) is 0 Å². The summed E-state index contributed by atoms with van der Waals surface area (Å²) in [5, 5.41) is 14.6. The van der Waals surface area contributed by atoms with Crippen molar-refractivity contribution in [2.75, 3.05) is 10.2 Å². The maximum Gasteiger partial charge on any atom is 0.269 e. The number of benzene rings is 3. The van der Waals surface area contributed by atoms with E-state index in [-0.39, 0.29) is 11.4 Å². The Hall–Kier alpha value is -4.50. The van der Waals surface area contributed by atoms with Crippen LogP contribution in [0.25, 0.3) is 6.08 Å². The van der Waals surface area contributed by atoms with Gasteiger partial charge in [-0.3, -0.25) is 24.5 Å². The van der Waals surface area contributed by atoms with Gasteiger partial charge in [0.1, 0.15) is 6.04 Å². The smallest absolute Gasteiger partial charge is 0.269 e. The lowest BCUT2D eigenvalue weighted by Gasteiger charge is -2.35. The van der Waals surface area contributed by atoms with Gasteiger partial charge in [0.15, 0.2) is 0 Å². The van der Waals surface area contributed by atoms with Crippen molar-refractivity contribution in [1.29, 1.82) is 0 Å². The zero-order chi connectivity index (χ0) is 26.7. The number of carbonyl (C=O) groups is 3. The number of carbonyl (C=O) groups excluding carboxylic acids is 3. The third-order valence-corrected chi connectivity index (χ3v) is 7.73. The molecule has 3 heterocycles. The minimum absolute atomic E-state index is 0.136. The van der Waals surface area contributed by atoms with Crippen molar-refractivity contribution in [1.82, 2.24) is 4.90 Å². The Labute approximate surface area is 222 Å². The van der Waals surface area contributed by atoms with E-state index in [1.807, 2.05) is 30.3 Å². The predicted molar refractivity (Wildman–Crippen MR) is 141 cm³/mol. The molecule has 3 aliphatic heterocycles. The highest BCUT2D eigenvalue weighted by molar-refractivity contribution is 6.30. The van der Waals surface area contributed by atoms with Crippen LogP contribution in [0.2, 0.25) is 5.02 Å². The second-order valence-corrected chi connectivity index (χ2v) is 10.0. The summed E-state index contributed by atoms with van der Waals surface area (Å²) < 4.78 is 0. The topological polar surface area (TPSA) is 113 Å². The summed E-state index contributed by atoms with van der Waals surface area (Å²) in [7, 11) is 0. The monoisotopic (exact) mass is 528 g/mol. The number of imide groups is 1. The molecule has 10 heteroatoms. The molecule has 2 fully saturated rings. The maximum absolute atomic E-state index is 14.0. The number of anilines is 2. The van der Waals surface area contributed by atoms with Crippen molar-refractivity contribution < 1.29 is 19.3 Å². The lowest BCUT2D eigenvalue weighted by atomic mass is 9.84. The second kappa shape index (κ2) is 8.81. The molecule has 9 nitrogen and oxygen atoms in total. The highest BCUT2D eigenvalue weighted by Crippen LogP contribution is 2.53. The van der Waals surface area contributed by atoms with E-state index in [1.165, 1.54) is 18.2 Å². The molecule has 3 aromatic rings. The van der Waals surface area contributed by atoms with E-state index in [0.29, 0.717) is 16.3 Å². The van der Waals surface area contributed by atoms with Crippen LogP contribution in [0, 0.1) is 28.9 Å². The van der Waals surface area contributed by atoms with E-state index in [2.05, 4.69) is 5.32 Å². The minimum Gasteiger partial charge on any atom is -0.357 e. The highest BCUT2D eigenvalue weighted by Gasteiger charge is 2.64. The van der Waals surface area contributed by atoms with Gasteiger partial charge in [0.05, 0.1) is 28.5 Å². The van der Waals surface area contributed by atoms with Crippen LogP contribution in [0.4, 0.5) is 17.1 Å². The molecule has 0 radical (unpaired) electrons. The van der Waals surface area contributed by atoms with Crippen LogP contribution in [-0.4, -0.2) is 33.6 Å². The van der Waals surface area contributed by atoms with Crippen LogP contribution in [0.1, 0.15) is 22.7 Å². The molecule has 0 bridgehead atoms. The largest absolute Gasteiger partial charge is 0.357 e. The quantitative estimate of drug-likeness (QED) is 0.298. The Kier molecular flexibility index (Phi) is 5.53. The number of nitrogens with zero attached hydrogens (tertiary/aromatic N) is 3. The summed E-state index contributed by atoms with van der Waals surface area (Å²) in [6.45, 7) is 1.62. The van der Waals surface area contributed by atoms with E-state index in [0.717, 1.165) is 16.0 Å². The van der Waals surface area contributed by atoms with Gasteiger partial charge in [-0.05, 0) is 60.0 Å². The number of nitro groups is 1. The summed E-state index contributed by atoms with van der Waals surface area (Å²) in [5.41, 5.74) is 2.85. The molecule has 4 atom stereocenters. The van der Waals surface area contributed by atoms with Crippen molar-refractivity contribution in [2.45, 2.75) is 19.0 Å². The molecule has 0 unspecified atom stereocenters. The number of nitro benzene ring substituents is 1. The third-order valence-electron chi connectivity index (χ3n) is 7.47. The zero-order valence-electron chi connectivity index (χ0n) is 20.1. The number of rotatable bonds is 4. The van der Waals surface area contributed by atoms with E-state index >= 15 is 0 Å². The fraction of sp³-hybridized carbons (Fsp3) is 0.179. The molecule has 6 rings (SSSR count). The molecule has 0 aliphatic carbocycles. The standard InChI is InChI=1S/C28H21ClN4O5/c1-15-14-19(33(37)38)10-11-21(15)32-27(35)22-23(28(32)36)25(26(34)30-18-8-6-17(29)7-9-18)31-13-12-16-4-2-3-5-20(16)24(22)31/h2-14,22-25H,1H3,(H,30,34)/t22-,23+,24+,25-/m0/s1. The van der Waals surface area contributed by atoms with Gasteiger partial charge in [0.2, 0.25) is 17.7 Å². The van der Waals surface area contributed by atoms with Crippen molar-refractivity contribution in [3.05, 3.63) is 105 Å². The molecule has 190 valence electrons. The summed E-state index contributed by atoms with van der Waals surface area (Å²) in [6, 6.07) is 16.8. The van der Waals surface area contributed by atoms with Crippen molar-refractivity contribution in [2.24, 2.45) is 11.8 Å². The first-order chi connectivity index (χ1) is 18.3. The SMILES string of the molecule is Cc1cc([N+](=O)[O-])ccc1N1C(=O)[C@@H]2[C@H](C1=O)[C@H]1c3ccccc3C=CN1[C@@H]2C(=O)Nc1ccc(Cl)cc1. The van der Waals surface area contributed by atoms with Crippen LogP contribution < -0.4 is 10.2 Å². The molecule has 3 amide bonds. The Balaban J connectivity index is 1.43. The zero-order valence-corrected chi connectivity index (χ0v) is 20.8. The molecule has 2 saturated heterocycles. The van der Waals surface area contributed by atoms with Crippen LogP contribution in [0.5, 0.6) is 0 Å². The predicted octanol–water partition coefficient (Wildman–Crippen LogP) is 4.71. The molecule has 38 heavy (non-hydrogen) atoms. The number of aryl methyl sites for hydroxylation is 1. The molecule has 1 N–H and O–H groups in total. The third kappa shape index (κ3) is 3.58. The Bertz CT molecular complexity index is 1550. The van der Waals surface area contributed by atoms with E-state index < -0.39 is 46.6 Å². The Morgan fingerprint density at radius 2 is 1.71 bits per heavy atom. The van der Waals surface area contributed by atoms with E-state index in [1.54, 1.807) is 42.3 Å². The highest BCUT2D eigenvalue weighted by atomic mass is 35.5. The first kappa shape index (κ1) is 23.9. The number of halogens is 1. The van der Waals surface area contributed by atoms with Gasteiger partial charge in [0, 0.05) is 29.0 Å². The summed E-state index contributed by atoms with van der Waals surface area (Å²) in [4.78, 5) is 55.2. The first-order valence-electron chi connectivity index (χ1n) is 12.0. The normalized spacial score (nSPS) is 23.2.